The normalized spacial score (nSPS) is 14.8. The maximum absolute atomic E-state index is 11.9. The van der Waals surface area contributed by atoms with Gasteiger partial charge in [0.25, 0.3) is 5.91 Å². The van der Waals surface area contributed by atoms with Crippen molar-refractivity contribution < 1.29 is 9.59 Å². The molecule has 0 bridgehead atoms. The van der Waals surface area contributed by atoms with E-state index in [9.17, 15) is 9.59 Å². The average Bonchev–Trinajstić information content (AvgIpc) is 2.69. The number of nitrogen functional groups attached to an aromatic ring is 1. The maximum Gasteiger partial charge on any atom is 0.256 e. The Morgan fingerprint density at radius 1 is 1.42 bits per heavy atom. The van der Waals surface area contributed by atoms with Crippen molar-refractivity contribution in [1.82, 2.24) is 5.32 Å². The zero-order valence-corrected chi connectivity index (χ0v) is 12.0. The molecule has 2 rings (SSSR count). The van der Waals surface area contributed by atoms with Gasteiger partial charge in [-0.25, -0.2) is 0 Å². The van der Waals surface area contributed by atoms with Gasteiger partial charge in [0.1, 0.15) is 5.00 Å². The minimum atomic E-state index is -0.245. The summed E-state index contributed by atoms with van der Waals surface area (Å²) < 4.78 is 0. The largest absolute Gasteiger partial charge is 0.397 e. The Morgan fingerprint density at radius 2 is 2.11 bits per heavy atom. The van der Waals surface area contributed by atoms with Crippen LogP contribution in [0.4, 0.5) is 10.7 Å². The van der Waals surface area contributed by atoms with Crippen molar-refractivity contribution in [3.05, 3.63) is 10.4 Å². The number of hydrogen-bond donors (Lipinski definition) is 3. The van der Waals surface area contributed by atoms with Crippen LogP contribution in [-0.2, 0) is 0 Å². The fourth-order valence-electron chi connectivity index (χ4n) is 2.00. The van der Waals surface area contributed by atoms with Gasteiger partial charge in [0.15, 0.2) is 5.78 Å². The second-order valence-electron chi connectivity index (χ2n) is 4.68. The van der Waals surface area contributed by atoms with E-state index in [4.69, 9.17) is 5.73 Å². The van der Waals surface area contributed by atoms with E-state index in [1.807, 2.05) is 0 Å². The molecule has 104 valence electrons. The summed E-state index contributed by atoms with van der Waals surface area (Å²) in [5.41, 5.74) is 6.70. The minimum Gasteiger partial charge on any atom is -0.397 e. The Kier molecular flexibility index (Phi) is 4.09. The third-order valence-corrected chi connectivity index (χ3v) is 4.59. The first-order valence-corrected chi connectivity index (χ1v) is 7.34. The quantitative estimate of drug-likeness (QED) is 0.723. The van der Waals surface area contributed by atoms with Crippen molar-refractivity contribution in [2.75, 3.05) is 18.1 Å². The molecular weight excluding hydrogens is 262 g/mol. The topological polar surface area (TPSA) is 84.2 Å². The standard InChI is InChI=1S/C13H19N3O2S/c1-3-8(17)11-10(14)9(12(18)15-2)13(19-11)16-7-5-4-6-7/h7,16H,3-6,14H2,1-2H3,(H,15,18). The number of thiophene rings is 1. The molecule has 6 heteroatoms. The van der Waals surface area contributed by atoms with Gasteiger partial charge in [-0.1, -0.05) is 6.92 Å². The third kappa shape index (κ3) is 2.58. The van der Waals surface area contributed by atoms with Crippen LogP contribution in [0.15, 0.2) is 0 Å². The lowest BCUT2D eigenvalue weighted by molar-refractivity contribution is 0.0964. The third-order valence-electron chi connectivity index (χ3n) is 3.41. The lowest BCUT2D eigenvalue weighted by Gasteiger charge is -2.27. The van der Waals surface area contributed by atoms with E-state index in [1.54, 1.807) is 14.0 Å². The molecule has 1 saturated carbocycles. The predicted molar refractivity (Wildman–Crippen MR) is 78.0 cm³/mol. The number of nitrogens with one attached hydrogen (secondary N) is 2. The van der Waals surface area contributed by atoms with Gasteiger partial charge in [-0.05, 0) is 19.3 Å². The summed E-state index contributed by atoms with van der Waals surface area (Å²) >= 11 is 1.29. The summed E-state index contributed by atoms with van der Waals surface area (Å²) in [5, 5.41) is 6.63. The molecular formula is C13H19N3O2S. The van der Waals surface area contributed by atoms with Crippen LogP contribution in [0.3, 0.4) is 0 Å². The first-order valence-electron chi connectivity index (χ1n) is 6.52. The van der Waals surface area contributed by atoms with Gasteiger partial charge in [0.2, 0.25) is 0 Å². The molecule has 0 atom stereocenters. The van der Waals surface area contributed by atoms with Gasteiger partial charge in [-0.2, -0.15) is 0 Å². The summed E-state index contributed by atoms with van der Waals surface area (Å²) in [4.78, 5) is 24.3. The molecule has 0 radical (unpaired) electrons. The van der Waals surface area contributed by atoms with Crippen LogP contribution in [-0.4, -0.2) is 24.8 Å². The Labute approximate surface area is 116 Å². The van der Waals surface area contributed by atoms with E-state index in [2.05, 4.69) is 10.6 Å². The van der Waals surface area contributed by atoms with Crippen molar-refractivity contribution in [3.63, 3.8) is 0 Å². The molecule has 1 fully saturated rings. The number of amides is 1. The van der Waals surface area contributed by atoms with Gasteiger partial charge < -0.3 is 16.4 Å². The molecule has 4 N–H and O–H groups in total. The van der Waals surface area contributed by atoms with E-state index in [0.717, 1.165) is 17.8 Å². The smallest absolute Gasteiger partial charge is 0.256 e. The SMILES string of the molecule is CCC(=O)c1sc(NC2CCC2)c(C(=O)NC)c1N. The van der Waals surface area contributed by atoms with Gasteiger partial charge in [0.05, 0.1) is 16.1 Å². The summed E-state index contributed by atoms with van der Waals surface area (Å²) in [6.45, 7) is 1.79. The second-order valence-corrected chi connectivity index (χ2v) is 5.70. The fraction of sp³-hybridized carbons (Fsp3) is 0.538. The first kappa shape index (κ1) is 13.9. The number of rotatable bonds is 5. The highest BCUT2D eigenvalue weighted by atomic mass is 32.1. The molecule has 1 aromatic rings. The number of hydrogen-bond acceptors (Lipinski definition) is 5. The number of ketones is 1. The van der Waals surface area contributed by atoms with Gasteiger partial charge in [-0.15, -0.1) is 11.3 Å². The Morgan fingerprint density at radius 3 is 2.58 bits per heavy atom. The second kappa shape index (κ2) is 5.61. The van der Waals surface area contributed by atoms with Crippen molar-refractivity contribution in [1.29, 1.82) is 0 Å². The van der Waals surface area contributed by atoms with Crippen molar-refractivity contribution in [3.8, 4) is 0 Å². The summed E-state index contributed by atoms with van der Waals surface area (Å²) in [5.74, 6) is -0.264. The zero-order valence-electron chi connectivity index (χ0n) is 11.2. The Bertz CT molecular complexity index is 506. The molecule has 1 aromatic heterocycles. The summed E-state index contributed by atoms with van der Waals surface area (Å²) in [6.07, 6.45) is 3.79. The molecule has 1 amide bonds. The van der Waals surface area contributed by atoms with Crippen LogP contribution in [0.5, 0.6) is 0 Å². The number of Topliss-reactive ketones (excluding diaryl/α,β-unsaturated/α-hetero) is 1. The van der Waals surface area contributed by atoms with Crippen LogP contribution in [0.2, 0.25) is 0 Å². The van der Waals surface area contributed by atoms with Crippen LogP contribution in [0.1, 0.15) is 52.6 Å². The van der Waals surface area contributed by atoms with Crippen LogP contribution in [0, 0.1) is 0 Å². The molecule has 0 aromatic carbocycles. The monoisotopic (exact) mass is 281 g/mol. The van der Waals surface area contributed by atoms with Crippen LogP contribution < -0.4 is 16.4 Å². The molecule has 0 saturated heterocycles. The summed E-state index contributed by atoms with van der Waals surface area (Å²) in [6, 6.07) is 0.394. The lowest BCUT2D eigenvalue weighted by atomic mass is 9.93. The Hall–Kier alpha value is -1.56. The molecule has 19 heavy (non-hydrogen) atoms. The van der Waals surface area contributed by atoms with Crippen molar-refractivity contribution in [2.45, 2.75) is 38.6 Å². The number of anilines is 2. The van der Waals surface area contributed by atoms with E-state index in [1.165, 1.54) is 17.8 Å². The summed E-state index contributed by atoms with van der Waals surface area (Å²) in [7, 11) is 1.56. The zero-order chi connectivity index (χ0) is 14.0. The van der Waals surface area contributed by atoms with Gasteiger partial charge in [0, 0.05) is 19.5 Å². The molecule has 1 aliphatic carbocycles. The van der Waals surface area contributed by atoms with E-state index in [0.29, 0.717) is 28.6 Å². The fourth-order valence-corrected chi connectivity index (χ4v) is 3.21. The van der Waals surface area contributed by atoms with Gasteiger partial charge in [-0.3, -0.25) is 9.59 Å². The molecule has 5 nitrogen and oxygen atoms in total. The highest BCUT2D eigenvalue weighted by Crippen LogP contribution is 2.38. The maximum atomic E-state index is 11.9. The molecule has 0 spiro atoms. The first-order chi connectivity index (χ1) is 9.08. The number of carbonyl (C=O) groups is 2. The van der Waals surface area contributed by atoms with Crippen LogP contribution >= 0.6 is 11.3 Å². The highest BCUT2D eigenvalue weighted by Gasteiger charge is 2.27. The van der Waals surface area contributed by atoms with E-state index >= 15 is 0 Å². The van der Waals surface area contributed by atoms with Crippen molar-refractivity contribution in [2.24, 2.45) is 0 Å². The molecule has 1 aliphatic rings. The van der Waals surface area contributed by atoms with Crippen LogP contribution in [0.25, 0.3) is 0 Å². The molecule has 0 unspecified atom stereocenters. The number of nitrogens with two attached hydrogens (primary N) is 1. The average molecular weight is 281 g/mol. The minimum absolute atomic E-state index is 0.0192. The predicted octanol–water partition coefficient (Wildman–Crippen LogP) is 2.25. The Balaban J connectivity index is 2.37. The highest BCUT2D eigenvalue weighted by molar-refractivity contribution is 7.19. The van der Waals surface area contributed by atoms with Gasteiger partial charge >= 0.3 is 0 Å². The van der Waals surface area contributed by atoms with E-state index in [-0.39, 0.29) is 11.7 Å². The lowest BCUT2D eigenvalue weighted by Crippen LogP contribution is -2.28. The molecule has 0 aliphatic heterocycles. The van der Waals surface area contributed by atoms with Crippen molar-refractivity contribution >= 4 is 33.7 Å². The molecule has 1 heterocycles. The van der Waals surface area contributed by atoms with E-state index < -0.39 is 0 Å². The number of carbonyl (C=O) groups excluding carboxylic acids is 2.